The van der Waals surface area contributed by atoms with E-state index in [9.17, 15) is 0 Å². The number of benzene rings is 2. The van der Waals surface area contributed by atoms with Gasteiger partial charge in [-0.15, -0.1) is 0 Å². The molecule has 19 heavy (non-hydrogen) atoms. The first-order valence-corrected chi connectivity index (χ1v) is 6.89. The van der Waals surface area contributed by atoms with E-state index in [1.54, 1.807) is 0 Å². The molecule has 1 aliphatic carbocycles. The molecule has 0 aromatic heterocycles. The van der Waals surface area contributed by atoms with Crippen molar-refractivity contribution in [1.82, 2.24) is 0 Å². The Morgan fingerprint density at radius 3 is 2.79 bits per heavy atom. The molecule has 0 spiro atoms. The molecule has 2 nitrogen and oxygen atoms in total. The molecule has 0 fully saturated rings. The van der Waals surface area contributed by atoms with E-state index in [-0.39, 0.29) is 6.04 Å². The van der Waals surface area contributed by atoms with Crippen LogP contribution in [0, 0.1) is 5.92 Å². The first kappa shape index (κ1) is 12.5. The molecular weight excluding hydrogens is 256 g/mol. The SMILES string of the molecule is Nc1ccc2c(c1)C(N)C(Cc1cccc(Cl)c1)C2. The molecule has 0 saturated heterocycles. The number of halogens is 1. The Bertz CT molecular complexity index is 609. The summed E-state index contributed by atoms with van der Waals surface area (Å²) in [6.07, 6.45) is 1.97. The van der Waals surface area contributed by atoms with Gasteiger partial charge in [0.1, 0.15) is 0 Å². The predicted octanol–water partition coefficient (Wildman–Crippen LogP) is 3.34. The standard InChI is InChI=1S/C16H17ClN2/c17-13-3-1-2-10(7-13)6-12-8-11-4-5-14(18)9-15(11)16(12)19/h1-5,7,9,12,16H,6,8,18-19H2. The summed E-state index contributed by atoms with van der Waals surface area (Å²) in [5, 5.41) is 0.783. The van der Waals surface area contributed by atoms with E-state index in [2.05, 4.69) is 12.1 Å². The van der Waals surface area contributed by atoms with Gasteiger partial charge in [-0.25, -0.2) is 0 Å². The van der Waals surface area contributed by atoms with Crippen molar-refractivity contribution in [2.24, 2.45) is 11.7 Å². The Morgan fingerprint density at radius 1 is 1.16 bits per heavy atom. The maximum absolute atomic E-state index is 6.36. The van der Waals surface area contributed by atoms with Gasteiger partial charge in [-0.3, -0.25) is 0 Å². The van der Waals surface area contributed by atoms with E-state index >= 15 is 0 Å². The maximum atomic E-state index is 6.36. The summed E-state index contributed by atoms with van der Waals surface area (Å²) < 4.78 is 0. The van der Waals surface area contributed by atoms with Crippen molar-refractivity contribution in [3.8, 4) is 0 Å². The predicted molar refractivity (Wildman–Crippen MR) is 80.1 cm³/mol. The summed E-state index contributed by atoms with van der Waals surface area (Å²) in [6, 6.07) is 14.1. The molecule has 2 aromatic rings. The highest BCUT2D eigenvalue weighted by molar-refractivity contribution is 6.30. The van der Waals surface area contributed by atoms with Crippen molar-refractivity contribution in [3.63, 3.8) is 0 Å². The highest BCUT2D eigenvalue weighted by Crippen LogP contribution is 2.37. The van der Waals surface area contributed by atoms with Gasteiger partial charge in [0.2, 0.25) is 0 Å². The molecule has 0 bridgehead atoms. The van der Waals surface area contributed by atoms with Crippen LogP contribution in [0.2, 0.25) is 5.02 Å². The molecule has 0 saturated carbocycles. The lowest BCUT2D eigenvalue weighted by atomic mass is 9.93. The summed E-state index contributed by atoms with van der Waals surface area (Å²) in [4.78, 5) is 0. The largest absolute Gasteiger partial charge is 0.399 e. The Morgan fingerprint density at radius 2 is 2.00 bits per heavy atom. The molecule has 2 atom stereocenters. The molecule has 1 aliphatic rings. The van der Waals surface area contributed by atoms with Crippen molar-refractivity contribution >= 4 is 17.3 Å². The minimum Gasteiger partial charge on any atom is -0.399 e. The third kappa shape index (κ3) is 2.46. The normalized spacial score (nSPS) is 21.4. The fourth-order valence-corrected chi connectivity index (χ4v) is 3.15. The maximum Gasteiger partial charge on any atom is 0.0408 e. The van der Waals surface area contributed by atoms with E-state index in [4.69, 9.17) is 23.1 Å². The summed E-state index contributed by atoms with van der Waals surface area (Å²) in [7, 11) is 0. The van der Waals surface area contributed by atoms with Crippen LogP contribution >= 0.6 is 11.6 Å². The number of anilines is 1. The first-order valence-electron chi connectivity index (χ1n) is 6.52. The van der Waals surface area contributed by atoms with Crippen LogP contribution < -0.4 is 11.5 Å². The average Bonchev–Trinajstić information content (AvgIpc) is 2.67. The highest BCUT2D eigenvalue weighted by atomic mass is 35.5. The van der Waals surface area contributed by atoms with Crippen LogP contribution in [0.15, 0.2) is 42.5 Å². The Labute approximate surface area is 118 Å². The minimum absolute atomic E-state index is 0.0671. The quantitative estimate of drug-likeness (QED) is 0.824. The van der Waals surface area contributed by atoms with Crippen LogP contribution in [0.1, 0.15) is 22.7 Å². The molecule has 98 valence electrons. The zero-order valence-corrected chi connectivity index (χ0v) is 11.4. The van der Waals surface area contributed by atoms with Gasteiger partial charge in [0.05, 0.1) is 0 Å². The van der Waals surface area contributed by atoms with E-state index in [0.29, 0.717) is 5.92 Å². The molecule has 3 rings (SSSR count). The summed E-state index contributed by atoms with van der Waals surface area (Å²) >= 11 is 6.03. The molecule has 2 unspecified atom stereocenters. The van der Waals surface area contributed by atoms with E-state index in [0.717, 1.165) is 23.6 Å². The number of nitrogen functional groups attached to an aromatic ring is 1. The number of nitrogens with two attached hydrogens (primary N) is 2. The molecule has 0 aliphatic heterocycles. The fourth-order valence-electron chi connectivity index (χ4n) is 2.94. The number of hydrogen-bond acceptors (Lipinski definition) is 2. The lowest BCUT2D eigenvalue weighted by Crippen LogP contribution is -2.19. The molecule has 0 heterocycles. The highest BCUT2D eigenvalue weighted by Gasteiger charge is 2.29. The molecule has 0 radical (unpaired) electrons. The Kier molecular flexibility index (Phi) is 3.21. The second kappa shape index (κ2) is 4.87. The zero-order chi connectivity index (χ0) is 13.4. The van der Waals surface area contributed by atoms with Crippen molar-refractivity contribution < 1.29 is 0 Å². The second-order valence-electron chi connectivity index (χ2n) is 5.28. The van der Waals surface area contributed by atoms with E-state index in [1.165, 1.54) is 16.7 Å². The van der Waals surface area contributed by atoms with Crippen molar-refractivity contribution in [2.45, 2.75) is 18.9 Å². The van der Waals surface area contributed by atoms with Gasteiger partial charge in [-0.05, 0) is 59.7 Å². The van der Waals surface area contributed by atoms with Crippen LogP contribution in [0.5, 0.6) is 0 Å². The van der Waals surface area contributed by atoms with E-state index < -0.39 is 0 Å². The zero-order valence-electron chi connectivity index (χ0n) is 10.6. The lowest BCUT2D eigenvalue weighted by Gasteiger charge is -2.16. The van der Waals surface area contributed by atoms with Crippen LogP contribution in [-0.4, -0.2) is 0 Å². The third-order valence-corrected chi connectivity index (χ3v) is 4.14. The van der Waals surface area contributed by atoms with Gasteiger partial charge >= 0.3 is 0 Å². The van der Waals surface area contributed by atoms with Crippen molar-refractivity contribution in [3.05, 3.63) is 64.2 Å². The average molecular weight is 273 g/mol. The molecule has 3 heteroatoms. The van der Waals surface area contributed by atoms with Gasteiger partial charge in [-0.2, -0.15) is 0 Å². The Balaban J connectivity index is 1.82. The second-order valence-corrected chi connectivity index (χ2v) is 5.72. The fraction of sp³-hybridized carbons (Fsp3) is 0.250. The number of rotatable bonds is 2. The summed E-state index contributed by atoms with van der Waals surface area (Å²) in [6.45, 7) is 0. The number of fused-ring (bicyclic) bond motifs is 1. The van der Waals surface area contributed by atoms with Crippen LogP contribution in [0.25, 0.3) is 0 Å². The summed E-state index contributed by atoms with van der Waals surface area (Å²) in [5.74, 6) is 0.426. The monoisotopic (exact) mass is 272 g/mol. The van der Waals surface area contributed by atoms with Gasteiger partial charge in [0.15, 0.2) is 0 Å². The Hall–Kier alpha value is -1.51. The lowest BCUT2D eigenvalue weighted by molar-refractivity contribution is 0.465. The van der Waals surface area contributed by atoms with Gasteiger partial charge in [0, 0.05) is 16.8 Å². The number of hydrogen-bond donors (Lipinski definition) is 2. The smallest absolute Gasteiger partial charge is 0.0408 e. The first-order chi connectivity index (χ1) is 9.13. The van der Waals surface area contributed by atoms with E-state index in [1.807, 2.05) is 30.3 Å². The van der Waals surface area contributed by atoms with Crippen LogP contribution in [0.4, 0.5) is 5.69 Å². The molecule has 2 aromatic carbocycles. The van der Waals surface area contributed by atoms with Crippen LogP contribution in [0.3, 0.4) is 0 Å². The van der Waals surface area contributed by atoms with Crippen molar-refractivity contribution in [2.75, 3.05) is 5.73 Å². The van der Waals surface area contributed by atoms with Gasteiger partial charge < -0.3 is 11.5 Å². The van der Waals surface area contributed by atoms with Gasteiger partial charge in [-0.1, -0.05) is 29.8 Å². The minimum atomic E-state index is 0.0671. The molecule has 4 N–H and O–H groups in total. The molecule has 0 amide bonds. The van der Waals surface area contributed by atoms with Crippen molar-refractivity contribution in [1.29, 1.82) is 0 Å². The third-order valence-electron chi connectivity index (χ3n) is 3.91. The molecular formula is C16H17ClN2. The van der Waals surface area contributed by atoms with Crippen LogP contribution in [-0.2, 0) is 12.8 Å². The van der Waals surface area contributed by atoms with Gasteiger partial charge in [0.25, 0.3) is 0 Å². The summed E-state index contributed by atoms with van der Waals surface area (Å²) in [5.41, 5.74) is 16.8. The topological polar surface area (TPSA) is 52.0 Å².